The van der Waals surface area contributed by atoms with Gasteiger partial charge in [-0.25, -0.2) is 0 Å². The lowest BCUT2D eigenvalue weighted by molar-refractivity contribution is 0.0543. The third-order valence-electron chi connectivity index (χ3n) is 5.53. The first-order chi connectivity index (χ1) is 13.2. The van der Waals surface area contributed by atoms with Crippen molar-refractivity contribution in [1.82, 2.24) is 19.4 Å². The molecule has 0 N–H and O–H groups in total. The lowest BCUT2D eigenvalue weighted by Crippen LogP contribution is -2.51. The average Bonchev–Trinajstić information content (AvgIpc) is 3.26. The van der Waals surface area contributed by atoms with E-state index in [0.29, 0.717) is 11.7 Å². The molecule has 2 aliphatic rings. The van der Waals surface area contributed by atoms with Crippen molar-refractivity contribution in [3.63, 3.8) is 0 Å². The minimum absolute atomic E-state index is 0.00253. The standard InChI is InChI=1S/C19H24N4O3S/c1-25-17-8-13-5-7-22(10-14(13)9-18(17)26-2)15-4-3-6-23(11-15)19(24)16-12-27-21-20-16/h8-9,12,15H,3-7,10-11H2,1-2H3. The number of hydrogen-bond acceptors (Lipinski definition) is 7. The second-order valence-corrected chi connectivity index (χ2v) is 7.64. The molecule has 144 valence electrons. The smallest absolute Gasteiger partial charge is 0.275 e. The Kier molecular flexibility index (Phi) is 5.27. The number of fused-ring (bicyclic) bond motifs is 1. The van der Waals surface area contributed by atoms with Crippen LogP contribution in [0.5, 0.6) is 11.5 Å². The van der Waals surface area contributed by atoms with Gasteiger partial charge >= 0.3 is 0 Å². The molecule has 0 bridgehead atoms. The van der Waals surface area contributed by atoms with E-state index >= 15 is 0 Å². The van der Waals surface area contributed by atoms with E-state index < -0.39 is 0 Å². The number of aromatic nitrogens is 2. The first-order valence-electron chi connectivity index (χ1n) is 9.23. The van der Waals surface area contributed by atoms with Crippen LogP contribution < -0.4 is 9.47 Å². The van der Waals surface area contributed by atoms with Gasteiger partial charge in [-0.15, -0.1) is 5.10 Å². The van der Waals surface area contributed by atoms with Gasteiger partial charge in [-0.05, 0) is 54.1 Å². The number of likely N-dealkylation sites (tertiary alicyclic amines) is 1. The second kappa shape index (κ2) is 7.82. The fourth-order valence-electron chi connectivity index (χ4n) is 4.07. The highest BCUT2D eigenvalue weighted by Crippen LogP contribution is 2.34. The number of ether oxygens (including phenoxy) is 2. The number of benzene rings is 1. The first kappa shape index (κ1) is 18.2. The van der Waals surface area contributed by atoms with Gasteiger partial charge in [0.15, 0.2) is 17.2 Å². The Bertz CT molecular complexity index is 812. The molecule has 8 heteroatoms. The highest BCUT2D eigenvalue weighted by atomic mass is 32.1. The molecular weight excluding hydrogens is 364 g/mol. The van der Waals surface area contributed by atoms with Gasteiger partial charge in [0.1, 0.15) is 0 Å². The van der Waals surface area contributed by atoms with Crippen molar-refractivity contribution in [2.24, 2.45) is 0 Å². The van der Waals surface area contributed by atoms with Gasteiger partial charge in [-0.1, -0.05) is 4.49 Å². The molecule has 1 aromatic carbocycles. The monoisotopic (exact) mass is 388 g/mol. The molecule has 1 atom stereocenters. The molecule has 4 rings (SSSR count). The second-order valence-electron chi connectivity index (χ2n) is 7.03. The zero-order valence-corrected chi connectivity index (χ0v) is 16.5. The number of rotatable bonds is 4. The lowest BCUT2D eigenvalue weighted by atomic mass is 9.95. The molecular formula is C19H24N4O3S. The Morgan fingerprint density at radius 1 is 1.19 bits per heavy atom. The summed E-state index contributed by atoms with van der Waals surface area (Å²) in [6.45, 7) is 3.41. The summed E-state index contributed by atoms with van der Waals surface area (Å²) in [4.78, 5) is 17.0. The number of methoxy groups -OCH3 is 2. The highest BCUT2D eigenvalue weighted by Gasteiger charge is 2.31. The van der Waals surface area contributed by atoms with E-state index in [1.54, 1.807) is 19.6 Å². The van der Waals surface area contributed by atoms with Crippen LogP contribution in [0.15, 0.2) is 17.5 Å². The molecule has 0 radical (unpaired) electrons. The molecule has 0 spiro atoms. The summed E-state index contributed by atoms with van der Waals surface area (Å²) in [5.74, 6) is 1.56. The molecule has 0 saturated carbocycles. The van der Waals surface area contributed by atoms with E-state index in [2.05, 4.69) is 26.6 Å². The molecule has 27 heavy (non-hydrogen) atoms. The molecule has 3 heterocycles. The largest absolute Gasteiger partial charge is 0.493 e. The predicted molar refractivity (Wildman–Crippen MR) is 102 cm³/mol. The number of carbonyl (C=O) groups is 1. The number of carbonyl (C=O) groups excluding carboxylic acids is 1. The van der Waals surface area contributed by atoms with Crippen LogP contribution in [-0.4, -0.2) is 65.2 Å². The van der Waals surface area contributed by atoms with Gasteiger partial charge < -0.3 is 14.4 Å². The van der Waals surface area contributed by atoms with Crippen LogP contribution >= 0.6 is 11.5 Å². The fourth-order valence-corrected chi connectivity index (χ4v) is 4.50. The van der Waals surface area contributed by atoms with Crippen molar-refractivity contribution in [2.75, 3.05) is 33.9 Å². The van der Waals surface area contributed by atoms with E-state index in [-0.39, 0.29) is 5.91 Å². The Morgan fingerprint density at radius 2 is 1.96 bits per heavy atom. The van der Waals surface area contributed by atoms with Crippen LogP contribution in [0.1, 0.15) is 34.5 Å². The van der Waals surface area contributed by atoms with Gasteiger partial charge in [-0.2, -0.15) is 0 Å². The lowest BCUT2D eigenvalue weighted by Gasteiger charge is -2.41. The van der Waals surface area contributed by atoms with Gasteiger partial charge in [0.2, 0.25) is 0 Å². The summed E-state index contributed by atoms with van der Waals surface area (Å²) in [5.41, 5.74) is 3.06. The molecule has 0 aliphatic carbocycles. The summed E-state index contributed by atoms with van der Waals surface area (Å²) < 4.78 is 14.7. The molecule has 7 nitrogen and oxygen atoms in total. The molecule has 2 aromatic rings. The van der Waals surface area contributed by atoms with E-state index in [1.165, 1.54) is 22.7 Å². The van der Waals surface area contributed by atoms with Crippen molar-refractivity contribution in [3.05, 3.63) is 34.3 Å². The highest BCUT2D eigenvalue weighted by molar-refractivity contribution is 7.03. The predicted octanol–water partition coefficient (Wildman–Crippen LogP) is 2.22. The summed E-state index contributed by atoms with van der Waals surface area (Å²) in [6, 6.07) is 4.56. The third-order valence-corrected chi connectivity index (χ3v) is 6.03. The topological polar surface area (TPSA) is 67.8 Å². The summed E-state index contributed by atoms with van der Waals surface area (Å²) in [7, 11) is 3.34. The quantitative estimate of drug-likeness (QED) is 0.800. The van der Waals surface area contributed by atoms with Gasteiger partial charge in [0.25, 0.3) is 5.91 Å². The van der Waals surface area contributed by atoms with E-state index in [1.807, 2.05) is 4.90 Å². The number of nitrogens with zero attached hydrogens (tertiary/aromatic N) is 4. The molecule has 1 unspecified atom stereocenters. The van der Waals surface area contributed by atoms with Gasteiger partial charge in [0, 0.05) is 37.6 Å². The number of hydrogen-bond donors (Lipinski definition) is 0. The fraction of sp³-hybridized carbons (Fsp3) is 0.526. The van der Waals surface area contributed by atoms with Crippen LogP contribution in [0.4, 0.5) is 0 Å². The van der Waals surface area contributed by atoms with Crippen molar-refractivity contribution >= 4 is 17.4 Å². The van der Waals surface area contributed by atoms with Crippen molar-refractivity contribution in [2.45, 2.75) is 31.8 Å². The van der Waals surface area contributed by atoms with E-state index in [9.17, 15) is 4.79 Å². The Morgan fingerprint density at radius 3 is 2.67 bits per heavy atom. The van der Waals surface area contributed by atoms with Crippen LogP contribution in [0.2, 0.25) is 0 Å². The Labute approximate surface area is 163 Å². The summed E-state index contributed by atoms with van der Waals surface area (Å²) >= 11 is 1.22. The molecule has 2 aliphatic heterocycles. The number of amides is 1. The van der Waals surface area contributed by atoms with Crippen molar-refractivity contribution < 1.29 is 14.3 Å². The maximum absolute atomic E-state index is 12.6. The Hall–Kier alpha value is -2.19. The maximum Gasteiger partial charge on any atom is 0.275 e. The minimum atomic E-state index is -0.00253. The van der Waals surface area contributed by atoms with Crippen molar-refractivity contribution in [3.8, 4) is 11.5 Å². The van der Waals surface area contributed by atoms with Gasteiger partial charge in [-0.3, -0.25) is 9.69 Å². The van der Waals surface area contributed by atoms with Crippen LogP contribution in [0.25, 0.3) is 0 Å². The third kappa shape index (κ3) is 3.64. The zero-order valence-electron chi connectivity index (χ0n) is 15.7. The van der Waals surface area contributed by atoms with Crippen LogP contribution in [0.3, 0.4) is 0 Å². The van der Waals surface area contributed by atoms with E-state index in [4.69, 9.17) is 9.47 Å². The zero-order chi connectivity index (χ0) is 18.8. The minimum Gasteiger partial charge on any atom is -0.493 e. The van der Waals surface area contributed by atoms with E-state index in [0.717, 1.165) is 56.9 Å². The molecule has 1 aromatic heterocycles. The van der Waals surface area contributed by atoms with Crippen LogP contribution in [-0.2, 0) is 13.0 Å². The Balaban J connectivity index is 1.47. The van der Waals surface area contributed by atoms with Gasteiger partial charge in [0.05, 0.1) is 14.2 Å². The number of piperidine rings is 1. The SMILES string of the molecule is COc1cc2c(cc1OC)CN(C1CCCN(C(=O)c3csnn3)C1)CC2. The van der Waals surface area contributed by atoms with Crippen LogP contribution in [0, 0.1) is 0 Å². The summed E-state index contributed by atoms with van der Waals surface area (Å²) in [5, 5.41) is 5.66. The normalized spacial score (nSPS) is 20.2. The van der Waals surface area contributed by atoms with Crippen molar-refractivity contribution in [1.29, 1.82) is 0 Å². The first-order valence-corrected chi connectivity index (χ1v) is 10.1. The molecule has 1 fully saturated rings. The summed E-state index contributed by atoms with van der Waals surface area (Å²) in [6.07, 6.45) is 3.11. The maximum atomic E-state index is 12.6. The molecule has 1 saturated heterocycles. The molecule has 1 amide bonds. The average molecular weight is 388 g/mol.